The first-order chi connectivity index (χ1) is 14.1. The van der Waals surface area contributed by atoms with Gasteiger partial charge in [-0.15, -0.1) is 0 Å². The largest absolute Gasteiger partial charge is 0.500 e. The van der Waals surface area contributed by atoms with Crippen molar-refractivity contribution in [2.75, 3.05) is 7.11 Å². The lowest BCUT2D eigenvalue weighted by Gasteiger charge is -2.19. The third-order valence-electron chi connectivity index (χ3n) is 4.28. The number of phenols is 1. The molecule has 0 spiro atoms. The highest BCUT2D eigenvalue weighted by molar-refractivity contribution is 5.83. The Morgan fingerprint density at radius 3 is 2.07 bits per heavy atom. The second-order valence-electron chi connectivity index (χ2n) is 6.39. The molecule has 0 aromatic heterocycles. The predicted octanol–water partition coefficient (Wildman–Crippen LogP) is 4.35. The van der Waals surface area contributed by atoms with Gasteiger partial charge in [0.15, 0.2) is 5.75 Å². The average Bonchev–Trinajstić information content (AvgIpc) is 2.74. The van der Waals surface area contributed by atoms with E-state index in [9.17, 15) is 15.2 Å². The number of rotatable bonds is 8. The summed E-state index contributed by atoms with van der Waals surface area (Å²) < 4.78 is 5.04. The fraction of sp³-hybridized carbons (Fsp3) is 0.136. The van der Waals surface area contributed by atoms with Crippen LogP contribution in [0.2, 0.25) is 0 Å². The Morgan fingerprint density at radius 2 is 1.59 bits per heavy atom. The number of ether oxygens (including phenoxy) is 1. The highest BCUT2D eigenvalue weighted by atomic mass is 16.6. The minimum atomic E-state index is -0.652. The van der Waals surface area contributed by atoms with Crippen molar-refractivity contribution >= 4 is 11.9 Å². The van der Waals surface area contributed by atoms with E-state index in [1.807, 2.05) is 65.7 Å². The molecular weight excluding hydrogens is 370 g/mol. The molecule has 7 heteroatoms. The minimum absolute atomic E-state index is 0.0262. The topological polar surface area (TPSA) is 88.2 Å². The van der Waals surface area contributed by atoms with Gasteiger partial charge in [-0.1, -0.05) is 60.7 Å². The first-order valence-corrected chi connectivity index (χ1v) is 8.99. The highest BCUT2D eigenvalue weighted by Crippen LogP contribution is 2.36. The van der Waals surface area contributed by atoms with Crippen molar-refractivity contribution < 1.29 is 14.8 Å². The monoisotopic (exact) mass is 391 g/mol. The van der Waals surface area contributed by atoms with E-state index in [0.29, 0.717) is 18.7 Å². The van der Waals surface area contributed by atoms with Crippen LogP contribution in [0.4, 0.5) is 5.69 Å². The molecule has 0 saturated carbocycles. The second kappa shape index (κ2) is 9.36. The molecule has 3 rings (SSSR count). The Kier molecular flexibility index (Phi) is 6.42. The minimum Gasteiger partial charge on any atom is -0.500 e. The number of phenolic OH excluding ortho intramolecular Hbond substituents is 1. The second-order valence-corrected chi connectivity index (χ2v) is 6.39. The summed E-state index contributed by atoms with van der Waals surface area (Å²) >= 11 is 0. The van der Waals surface area contributed by atoms with Gasteiger partial charge in [0.1, 0.15) is 0 Å². The summed E-state index contributed by atoms with van der Waals surface area (Å²) in [7, 11) is 1.34. The van der Waals surface area contributed by atoms with Gasteiger partial charge in [-0.3, -0.25) is 15.1 Å². The zero-order valence-corrected chi connectivity index (χ0v) is 15.9. The Balaban J connectivity index is 1.89. The van der Waals surface area contributed by atoms with E-state index >= 15 is 0 Å². The molecule has 0 radical (unpaired) electrons. The predicted molar refractivity (Wildman–Crippen MR) is 111 cm³/mol. The van der Waals surface area contributed by atoms with Crippen LogP contribution in [0.3, 0.4) is 0 Å². The van der Waals surface area contributed by atoms with Gasteiger partial charge in [0.2, 0.25) is 5.75 Å². The zero-order chi connectivity index (χ0) is 20.6. The van der Waals surface area contributed by atoms with Crippen LogP contribution in [0.1, 0.15) is 16.7 Å². The number of nitro benzene ring substituents is 1. The van der Waals surface area contributed by atoms with Crippen molar-refractivity contribution in [2.24, 2.45) is 5.10 Å². The van der Waals surface area contributed by atoms with Gasteiger partial charge in [0.05, 0.1) is 31.3 Å². The normalized spacial score (nSPS) is 10.8. The van der Waals surface area contributed by atoms with Crippen LogP contribution in [-0.4, -0.2) is 28.4 Å². The van der Waals surface area contributed by atoms with Crippen LogP contribution in [0.15, 0.2) is 77.9 Å². The average molecular weight is 391 g/mol. The van der Waals surface area contributed by atoms with Gasteiger partial charge in [0.25, 0.3) is 0 Å². The number of nitro groups is 1. The molecule has 0 atom stereocenters. The number of benzene rings is 3. The van der Waals surface area contributed by atoms with Crippen molar-refractivity contribution in [3.05, 3.63) is 99.6 Å². The standard InChI is InChI=1S/C22H21N3O4/c1-29-21-13-19(12-20(22(21)26)25(27)28)14-23-24(15-17-8-4-2-5-9-17)16-18-10-6-3-7-11-18/h2-14,26H,15-16H2,1H3/b23-14-. The van der Waals surface area contributed by atoms with E-state index in [-0.39, 0.29) is 5.75 Å². The molecule has 0 aliphatic rings. The quantitative estimate of drug-likeness (QED) is 0.350. The SMILES string of the molecule is COc1cc(/C=N\N(Cc2ccccc2)Cc2ccccc2)cc([N+](=O)[O-])c1O. The van der Waals surface area contributed by atoms with Crippen molar-refractivity contribution in [1.29, 1.82) is 0 Å². The number of aromatic hydroxyl groups is 1. The lowest BCUT2D eigenvalue weighted by Crippen LogP contribution is -2.17. The molecule has 29 heavy (non-hydrogen) atoms. The molecule has 0 unspecified atom stereocenters. The summed E-state index contributed by atoms with van der Waals surface area (Å²) in [5, 5.41) is 27.5. The highest BCUT2D eigenvalue weighted by Gasteiger charge is 2.19. The molecule has 0 heterocycles. The summed E-state index contributed by atoms with van der Waals surface area (Å²) in [6.45, 7) is 1.15. The van der Waals surface area contributed by atoms with Crippen LogP contribution < -0.4 is 4.74 Å². The first-order valence-electron chi connectivity index (χ1n) is 8.99. The number of hydrogen-bond acceptors (Lipinski definition) is 6. The van der Waals surface area contributed by atoms with Crippen LogP contribution >= 0.6 is 0 Å². The Morgan fingerprint density at radius 1 is 1.03 bits per heavy atom. The molecule has 1 N–H and O–H groups in total. The van der Waals surface area contributed by atoms with Gasteiger partial charge >= 0.3 is 5.69 Å². The van der Waals surface area contributed by atoms with Gasteiger partial charge in [-0.25, -0.2) is 0 Å². The lowest BCUT2D eigenvalue weighted by atomic mass is 10.2. The molecule has 148 valence electrons. The third-order valence-corrected chi connectivity index (χ3v) is 4.28. The van der Waals surface area contributed by atoms with E-state index < -0.39 is 16.4 Å². The Hall–Kier alpha value is -3.87. The van der Waals surface area contributed by atoms with Gasteiger partial charge < -0.3 is 9.84 Å². The van der Waals surface area contributed by atoms with Crippen molar-refractivity contribution in [3.63, 3.8) is 0 Å². The van der Waals surface area contributed by atoms with Crippen LogP contribution in [0.5, 0.6) is 11.5 Å². The number of methoxy groups -OCH3 is 1. The summed E-state index contributed by atoms with van der Waals surface area (Å²) in [4.78, 5) is 10.5. The molecule has 3 aromatic carbocycles. The molecule has 7 nitrogen and oxygen atoms in total. The van der Waals surface area contributed by atoms with E-state index in [4.69, 9.17) is 4.74 Å². The van der Waals surface area contributed by atoms with E-state index in [2.05, 4.69) is 5.10 Å². The number of hydrazone groups is 1. The molecule has 0 saturated heterocycles. The third kappa shape index (κ3) is 5.32. The molecule has 0 bridgehead atoms. The van der Waals surface area contributed by atoms with E-state index in [1.54, 1.807) is 0 Å². The Bertz CT molecular complexity index is 950. The first kappa shape index (κ1) is 19.9. The molecule has 0 aliphatic heterocycles. The fourth-order valence-electron chi connectivity index (χ4n) is 2.86. The van der Waals surface area contributed by atoms with Gasteiger partial charge in [-0.2, -0.15) is 5.10 Å². The smallest absolute Gasteiger partial charge is 0.315 e. The maximum absolute atomic E-state index is 11.2. The Labute approximate surface area is 168 Å². The van der Waals surface area contributed by atoms with Crippen molar-refractivity contribution in [3.8, 4) is 11.5 Å². The molecular formula is C22H21N3O4. The van der Waals surface area contributed by atoms with E-state index in [1.165, 1.54) is 25.5 Å². The molecule has 0 aliphatic carbocycles. The molecule has 3 aromatic rings. The van der Waals surface area contributed by atoms with Crippen molar-refractivity contribution in [2.45, 2.75) is 13.1 Å². The summed E-state index contributed by atoms with van der Waals surface area (Å²) in [5.41, 5.74) is 2.21. The number of hydrogen-bond donors (Lipinski definition) is 1. The van der Waals surface area contributed by atoms with Crippen LogP contribution in [0, 0.1) is 10.1 Å². The van der Waals surface area contributed by atoms with E-state index in [0.717, 1.165) is 11.1 Å². The maximum Gasteiger partial charge on any atom is 0.315 e. The summed E-state index contributed by atoms with van der Waals surface area (Å²) in [6.07, 6.45) is 1.53. The van der Waals surface area contributed by atoms with Crippen molar-refractivity contribution in [1.82, 2.24) is 5.01 Å². The van der Waals surface area contributed by atoms with Gasteiger partial charge in [0, 0.05) is 11.6 Å². The van der Waals surface area contributed by atoms with Crippen LogP contribution in [0.25, 0.3) is 0 Å². The zero-order valence-electron chi connectivity index (χ0n) is 15.9. The number of nitrogens with zero attached hydrogens (tertiary/aromatic N) is 3. The van der Waals surface area contributed by atoms with Gasteiger partial charge in [-0.05, 0) is 17.2 Å². The van der Waals surface area contributed by atoms with Crippen LogP contribution in [-0.2, 0) is 13.1 Å². The maximum atomic E-state index is 11.2. The lowest BCUT2D eigenvalue weighted by molar-refractivity contribution is -0.386. The fourth-order valence-corrected chi connectivity index (χ4v) is 2.86. The summed E-state index contributed by atoms with van der Waals surface area (Å²) in [5.74, 6) is -0.474. The molecule has 0 amide bonds. The molecule has 0 fully saturated rings. The summed E-state index contributed by atoms with van der Waals surface area (Å²) in [6, 6.07) is 22.6.